The molecule has 0 aliphatic heterocycles. The Bertz CT molecular complexity index is 607. The number of amides is 1. The van der Waals surface area contributed by atoms with Crippen molar-refractivity contribution in [2.45, 2.75) is 25.8 Å². The van der Waals surface area contributed by atoms with Gasteiger partial charge in [0.15, 0.2) is 11.5 Å². The fourth-order valence-electron chi connectivity index (χ4n) is 2.55. The van der Waals surface area contributed by atoms with E-state index in [-0.39, 0.29) is 5.75 Å². The minimum absolute atomic E-state index is 0.0862. The third-order valence-electron chi connectivity index (χ3n) is 3.94. The van der Waals surface area contributed by atoms with Crippen LogP contribution in [0, 0.1) is 0 Å². The molecule has 1 aliphatic carbocycles. The van der Waals surface area contributed by atoms with Crippen molar-refractivity contribution in [1.82, 2.24) is 4.90 Å². The van der Waals surface area contributed by atoms with Gasteiger partial charge in [0, 0.05) is 19.5 Å². The molecular weight excluding hydrogens is 294 g/mol. The summed E-state index contributed by atoms with van der Waals surface area (Å²) in [6.07, 6.45) is 7.64. The monoisotopic (exact) mass is 317 g/mol. The molecule has 0 aromatic heterocycles. The zero-order valence-corrected chi connectivity index (χ0v) is 13.6. The van der Waals surface area contributed by atoms with Crippen molar-refractivity contribution in [1.29, 1.82) is 0 Å². The lowest BCUT2D eigenvalue weighted by atomic mass is 10.0. The number of hydrogen-bond donors (Lipinski definition) is 1. The van der Waals surface area contributed by atoms with E-state index >= 15 is 0 Å². The number of nitrogens with zero attached hydrogens (tertiary/aromatic N) is 1. The number of allylic oxidation sites excluding steroid dienone is 2. The van der Waals surface area contributed by atoms with Gasteiger partial charge in [-0.2, -0.15) is 0 Å². The Balaban J connectivity index is 1.87. The van der Waals surface area contributed by atoms with E-state index in [4.69, 9.17) is 9.47 Å². The van der Waals surface area contributed by atoms with E-state index in [9.17, 15) is 9.90 Å². The Labute approximate surface area is 136 Å². The van der Waals surface area contributed by atoms with E-state index in [1.165, 1.54) is 12.7 Å². The van der Waals surface area contributed by atoms with Crippen LogP contribution < -0.4 is 4.74 Å². The lowest BCUT2D eigenvalue weighted by molar-refractivity contribution is -0.118. The number of carbonyl (C=O) groups excluding carboxylic acids is 1. The molecule has 1 N–H and O–H groups in total. The zero-order chi connectivity index (χ0) is 16.7. The zero-order valence-electron chi connectivity index (χ0n) is 13.6. The van der Waals surface area contributed by atoms with Crippen LogP contribution in [0.15, 0.2) is 41.7 Å². The molecule has 0 radical (unpaired) electrons. The first kappa shape index (κ1) is 16.9. The van der Waals surface area contributed by atoms with Crippen LogP contribution in [-0.4, -0.2) is 37.2 Å². The third-order valence-corrected chi connectivity index (χ3v) is 3.94. The molecule has 1 aliphatic rings. The first-order chi connectivity index (χ1) is 11.2. The molecule has 0 heterocycles. The summed E-state index contributed by atoms with van der Waals surface area (Å²) in [5, 5.41) is 9.80. The number of carbonyl (C=O) groups is 1. The van der Waals surface area contributed by atoms with Crippen LogP contribution >= 0.6 is 0 Å². The maximum Gasteiger partial charge on any atom is 0.210 e. The maximum absolute atomic E-state index is 11.3. The topological polar surface area (TPSA) is 59.0 Å². The number of ether oxygens (including phenoxy) is 2. The van der Waals surface area contributed by atoms with Crippen LogP contribution in [0.1, 0.15) is 24.8 Å². The number of phenols is 1. The van der Waals surface area contributed by atoms with Gasteiger partial charge >= 0.3 is 0 Å². The minimum Gasteiger partial charge on any atom is -0.504 e. The van der Waals surface area contributed by atoms with Crippen molar-refractivity contribution in [2.75, 3.05) is 20.8 Å². The van der Waals surface area contributed by atoms with Crippen LogP contribution in [0.4, 0.5) is 0 Å². The Kier molecular flexibility index (Phi) is 6.09. The van der Waals surface area contributed by atoms with E-state index in [0.29, 0.717) is 18.8 Å². The molecule has 0 atom stereocenters. The standard InChI is InChI=1S/C18H23NO4/c1-22-16-6-3-14(4-7-16)9-10-19(13-20)12-15-5-8-18(23-2)17(21)11-15/h3,5,7-8,11,13,21H,4,6,9-10,12H2,1-2H3. The molecule has 124 valence electrons. The van der Waals surface area contributed by atoms with Crippen LogP contribution in [0.5, 0.6) is 11.5 Å². The Morgan fingerprint density at radius 2 is 2.04 bits per heavy atom. The summed E-state index contributed by atoms with van der Waals surface area (Å²) in [6.45, 7) is 1.12. The lowest BCUT2D eigenvalue weighted by Crippen LogP contribution is -2.23. The summed E-state index contributed by atoms with van der Waals surface area (Å²) >= 11 is 0. The summed E-state index contributed by atoms with van der Waals surface area (Å²) in [7, 11) is 3.19. The highest BCUT2D eigenvalue weighted by molar-refractivity contribution is 5.48. The molecule has 1 aromatic rings. The Morgan fingerprint density at radius 1 is 1.22 bits per heavy atom. The van der Waals surface area contributed by atoms with E-state index < -0.39 is 0 Å². The van der Waals surface area contributed by atoms with Gasteiger partial charge in [0.2, 0.25) is 6.41 Å². The average molecular weight is 317 g/mol. The molecule has 1 amide bonds. The lowest BCUT2D eigenvalue weighted by Gasteiger charge is -2.20. The van der Waals surface area contributed by atoms with Crippen LogP contribution in [-0.2, 0) is 16.1 Å². The molecule has 5 heteroatoms. The van der Waals surface area contributed by atoms with E-state index in [1.807, 2.05) is 6.07 Å². The van der Waals surface area contributed by atoms with Gasteiger partial charge in [-0.1, -0.05) is 17.7 Å². The average Bonchev–Trinajstić information content (AvgIpc) is 2.59. The second-order valence-electron chi connectivity index (χ2n) is 5.48. The fraction of sp³-hybridized carbons (Fsp3) is 0.389. The number of benzene rings is 1. The van der Waals surface area contributed by atoms with E-state index in [0.717, 1.165) is 37.0 Å². The van der Waals surface area contributed by atoms with Crippen molar-refractivity contribution in [3.8, 4) is 11.5 Å². The van der Waals surface area contributed by atoms with Crippen molar-refractivity contribution in [2.24, 2.45) is 0 Å². The second-order valence-corrected chi connectivity index (χ2v) is 5.48. The summed E-state index contributed by atoms with van der Waals surface area (Å²) in [4.78, 5) is 13.0. The van der Waals surface area contributed by atoms with Gasteiger partial charge in [0.25, 0.3) is 0 Å². The third kappa shape index (κ3) is 4.77. The van der Waals surface area contributed by atoms with Gasteiger partial charge in [-0.15, -0.1) is 0 Å². The summed E-state index contributed by atoms with van der Waals surface area (Å²) in [5.74, 6) is 1.51. The summed E-state index contributed by atoms with van der Waals surface area (Å²) < 4.78 is 10.2. The predicted octanol–water partition coefficient (Wildman–Crippen LogP) is 3.00. The van der Waals surface area contributed by atoms with Gasteiger partial charge in [-0.05, 0) is 36.6 Å². The number of aromatic hydroxyl groups is 1. The minimum atomic E-state index is 0.0862. The number of methoxy groups -OCH3 is 2. The SMILES string of the molecule is COC1=CCC(CCN(C=O)Cc2ccc(OC)c(O)c2)=CC1. The van der Waals surface area contributed by atoms with E-state index in [1.54, 1.807) is 24.1 Å². The quantitative estimate of drug-likeness (QED) is 0.591. The number of hydrogen-bond acceptors (Lipinski definition) is 4. The van der Waals surface area contributed by atoms with Gasteiger partial charge in [-0.25, -0.2) is 0 Å². The van der Waals surface area contributed by atoms with Crippen molar-refractivity contribution in [3.05, 3.63) is 47.2 Å². The number of phenolic OH excluding ortho intramolecular Hbond substituents is 1. The first-order valence-corrected chi connectivity index (χ1v) is 7.62. The van der Waals surface area contributed by atoms with Crippen molar-refractivity contribution >= 4 is 6.41 Å². The molecule has 23 heavy (non-hydrogen) atoms. The van der Waals surface area contributed by atoms with Gasteiger partial charge in [0.1, 0.15) is 0 Å². The molecule has 0 unspecified atom stereocenters. The summed E-state index contributed by atoms with van der Waals surface area (Å²) in [6, 6.07) is 5.18. The molecule has 5 nitrogen and oxygen atoms in total. The molecule has 0 bridgehead atoms. The number of rotatable bonds is 8. The van der Waals surface area contributed by atoms with Crippen LogP contribution in [0.3, 0.4) is 0 Å². The summed E-state index contributed by atoms with van der Waals surface area (Å²) in [5.41, 5.74) is 2.19. The molecule has 0 spiro atoms. The van der Waals surface area contributed by atoms with Crippen molar-refractivity contribution in [3.63, 3.8) is 0 Å². The second kappa shape index (κ2) is 8.27. The molecule has 1 aromatic carbocycles. The highest BCUT2D eigenvalue weighted by atomic mass is 16.5. The van der Waals surface area contributed by atoms with Crippen molar-refractivity contribution < 1.29 is 19.4 Å². The molecular formula is C18H23NO4. The van der Waals surface area contributed by atoms with Gasteiger partial charge in [0.05, 0.1) is 20.0 Å². The van der Waals surface area contributed by atoms with E-state index in [2.05, 4.69) is 12.2 Å². The van der Waals surface area contributed by atoms with Gasteiger partial charge < -0.3 is 19.5 Å². The largest absolute Gasteiger partial charge is 0.504 e. The van der Waals surface area contributed by atoms with Crippen LogP contribution in [0.25, 0.3) is 0 Å². The molecule has 2 rings (SSSR count). The smallest absolute Gasteiger partial charge is 0.210 e. The Hall–Kier alpha value is -2.43. The molecule has 0 saturated carbocycles. The predicted molar refractivity (Wildman–Crippen MR) is 88.2 cm³/mol. The maximum atomic E-state index is 11.3. The molecule has 0 saturated heterocycles. The first-order valence-electron chi connectivity index (χ1n) is 7.62. The normalized spacial score (nSPS) is 13.8. The fourth-order valence-corrected chi connectivity index (χ4v) is 2.55. The highest BCUT2D eigenvalue weighted by Gasteiger charge is 2.10. The Morgan fingerprint density at radius 3 is 2.61 bits per heavy atom. The van der Waals surface area contributed by atoms with Gasteiger partial charge in [-0.3, -0.25) is 4.79 Å². The molecule has 0 fully saturated rings. The van der Waals surface area contributed by atoms with Crippen LogP contribution in [0.2, 0.25) is 0 Å². The highest BCUT2D eigenvalue weighted by Crippen LogP contribution is 2.27.